The Bertz CT molecular complexity index is 639. The van der Waals surface area contributed by atoms with Gasteiger partial charge in [-0.3, -0.25) is 0 Å². The van der Waals surface area contributed by atoms with Crippen LogP contribution in [0.15, 0.2) is 48.5 Å². The van der Waals surface area contributed by atoms with Gasteiger partial charge in [0.1, 0.15) is 6.61 Å². The Balaban J connectivity index is 2.14. The summed E-state index contributed by atoms with van der Waals surface area (Å²) >= 11 is 0. The van der Waals surface area contributed by atoms with Crippen LogP contribution in [0.2, 0.25) is 0 Å². The molecule has 0 aliphatic rings. The lowest BCUT2D eigenvalue weighted by Crippen LogP contribution is -2.11. The smallest absolute Gasteiger partial charge is 0.416 e. The number of nitrogen functional groups attached to an aromatic ring is 1. The van der Waals surface area contributed by atoms with Crippen molar-refractivity contribution in [1.82, 2.24) is 0 Å². The van der Waals surface area contributed by atoms with Gasteiger partial charge >= 0.3 is 12.1 Å². The average molecular weight is 295 g/mol. The minimum Gasteiger partial charge on any atom is -0.457 e. The van der Waals surface area contributed by atoms with E-state index in [1.807, 2.05) is 0 Å². The molecular weight excluding hydrogens is 283 g/mol. The lowest BCUT2D eigenvalue weighted by molar-refractivity contribution is -0.137. The molecule has 0 radical (unpaired) electrons. The van der Waals surface area contributed by atoms with Crippen LogP contribution >= 0.6 is 0 Å². The summed E-state index contributed by atoms with van der Waals surface area (Å²) in [5.41, 5.74) is 4.79. The molecule has 0 atom stereocenters. The van der Waals surface area contributed by atoms with Crippen LogP contribution in [0, 0.1) is 0 Å². The summed E-state index contributed by atoms with van der Waals surface area (Å²) in [4.78, 5) is 11.8. The quantitative estimate of drug-likeness (QED) is 0.694. The molecule has 110 valence electrons. The zero-order chi connectivity index (χ0) is 15.5. The van der Waals surface area contributed by atoms with E-state index in [0.717, 1.165) is 23.8 Å². The number of carbonyl (C=O) groups is 1. The first-order chi connectivity index (χ1) is 9.86. The molecule has 0 bridgehead atoms. The molecule has 0 unspecified atom stereocenters. The van der Waals surface area contributed by atoms with E-state index in [4.69, 9.17) is 10.5 Å². The minimum atomic E-state index is -4.57. The molecule has 2 aromatic carbocycles. The molecule has 0 heterocycles. The first-order valence-electron chi connectivity index (χ1n) is 6.05. The van der Waals surface area contributed by atoms with Crippen molar-refractivity contribution in [2.75, 3.05) is 5.73 Å². The normalized spacial score (nSPS) is 11.2. The molecule has 21 heavy (non-hydrogen) atoms. The second kappa shape index (κ2) is 5.87. The molecule has 2 N–H and O–H groups in total. The second-order valence-electron chi connectivity index (χ2n) is 4.40. The first-order valence-corrected chi connectivity index (χ1v) is 6.05. The summed E-state index contributed by atoms with van der Waals surface area (Å²) in [5.74, 6) is -0.850. The van der Waals surface area contributed by atoms with Crippen molar-refractivity contribution in [2.45, 2.75) is 12.8 Å². The third kappa shape index (κ3) is 3.98. The van der Waals surface area contributed by atoms with Crippen molar-refractivity contribution < 1.29 is 22.7 Å². The molecule has 0 aliphatic heterocycles. The number of hydrogen-bond acceptors (Lipinski definition) is 3. The number of nitrogens with two attached hydrogens (primary N) is 1. The van der Waals surface area contributed by atoms with Gasteiger partial charge in [0.2, 0.25) is 0 Å². The summed E-state index contributed by atoms with van der Waals surface area (Å²) in [6.45, 7) is -0.0180. The third-order valence-corrected chi connectivity index (χ3v) is 2.73. The van der Waals surface area contributed by atoms with Crippen molar-refractivity contribution in [3.05, 3.63) is 65.2 Å². The van der Waals surface area contributed by atoms with E-state index in [-0.39, 0.29) is 17.9 Å². The second-order valence-corrected chi connectivity index (χ2v) is 4.40. The predicted molar refractivity (Wildman–Crippen MR) is 71.4 cm³/mol. The number of alkyl halides is 3. The number of carbonyl (C=O) groups excluding carboxylic acids is 1. The van der Waals surface area contributed by atoms with Crippen molar-refractivity contribution >= 4 is 11.7 Å². The first kappa shape index (κ1) is 14.9. The molecule has 0 aliphatic carbocycles. The molecule has 0 fully saturated rings. The van der Waals surface area contributed by atoms with Gasteiger partial charge in [-0.15, -0.1) is 0 Å². The molecule has 0 spiro atoms. The van der Waals surface area contributed by atoms with E-state index in [9.17, 15) is 18.0 Å². The maximum Gasteiger partial charge on any atom is 0.416 e. The Morgan fingerprint density at radius 2 is 1.76 bits per heavy atom. The Hall–Kier alpha value is -2.50. The highest BCUT2D eigenvalue weighted by Gasteiger charge is 2.31. The highest BCUT2D eigenvalue weighted by atomic mass is 19.4. The molecule has 3 nitrogen and oxygen atoms in total. The van der Waals surface area contributed by atoms with Crippen LogP contribution in [0.1, 0.15) is 21.5 Å². The van der Waals surface area contributed by atoms with E-state index in [2.05, 4.69) is 0 Å². The van der Waals surface area contributed by atoms with Gasteiger partial charge in [0.15, 0.2) is 0 Å². The molecule has 0 aromatic heterocycles. The fraction of sp³-hybridized carbons (Fsp3) is 0.133. The largest absolute Gasteiger partial charge is 0.457 e. The van der Waals surface area contributed by atoms with E-state index < -0.39 is 17.7 Å². The van der Waals surface area contributed by atoms with Gasteiger partial charge < -0.3 is 10.5 Å². The van der Waals surface area contributed by atoms with Crippen molar-refractivity contribution in [1.29, 1.82) is 0 Å². The molecule has 0 saturated heterocycles. The third-order valence-electron chi connectivity index (χ3n) is 2.73. The van der Waals surface area contributed by atoms with E-state index >= 15 is 0 Å². The predicted octanol–water partition coefficient (Wildman–Crippen LogP) is 3.64. The zero-order valence-corrected chi connectivity index (χ0v) is 10.9. The number of hydrogen-bond donors (Lipinski definition) is 1. The Kier molecular flexibility index (Phi) is 4.16. The van der Waals surface area contributed by atoms with Gasteiger partial charge in [-0.2, -0.15) is 13.2 Å². The van der Waals surface area contributed by atoms with Gasteiger partial charge in [-0.25, -0.2) is 4.79 Å². The summed E-state index contributed by atoms with van der Waals surface area (Å²) in [5, 5.41) is 0. The fourth-order valence-electron chi connectivity index (χ4n) is 1.74. The summed E-state index contributed by atoms with van der Waals surface area (Å²) < 4.78 is 42.9. The van der Waals surface area contributed by atoms with Gasteiger partial charge in [0, 0.05) is 5.69 Å². The standard InChI is InChI=1S/C15H12F3NO2/c16-15(17,18)12-6-11(7-13(19)8-12)14(20)21-9-10-4-2-1-3-5-10/h1-8H,9,19H2. The zero-order valence-electron chi connectivity index (χ0n) is 10.9. The summed E-state index contributed by atoms with van der Waals surface area (Å²) in [6, 6.07) is 11.5. The highest BCUT2D eigenvalue weighted by molar-refractivity contribution is 5.90. The topological polar surface area (TPSA) is 52.3 Å². The number of rotatable bonds is 3. The van der Waals surface area contributed by atoms with Gasteiger partial charge in [-0.1, -0.05) is 30.3 Å². The number of esters is 1. The lowest BCUT2D eigenvalue weighted by Gasteiger charge is -2.10. The van der Waals surface area contributed by atoms with Crippen molar-refractivity contribution in [3.63, 3.8) is 0 Å². The van der Waals surface area contributed by atoms with Crippen LogP contribution in [0.4, 0.5) is 18.9 Å². The van der Waals surface area contributed by atoms with E-state index in [1.165, 1.54) is 0 Å². The Morgan fingerprint density at radius 1 is 1.10 bits per heavy atom. The van der Waals surface area contributed by atoms with Crippen LogP contribution in [0.5, 0.6) is 0 Å². The number of ether oxygens (including phenoxy) is 1. The maximum absolute atomic E-state index is 12.7. The maximum atomic E-state index is 12.7. The molecular formula is C15H12F3NO2. The SMILES string of the molecule is Nc1cc(C(=O)OCc2ccccc2)cc(C(F)(F)F)c1. The van der Waals surface area contributed by atoms with Crippen LogP contribution in [0.3, 0.4) is 0 Å². The Labute approximate surface area is 119 Å². The van der Waals surface area contributed by atoms with Crippen molar-refractivity contribution in [3.8, 4) is 0 Å². The van der Waals surface area contributed by atoms with Gasteiger partial charge in [0.05, 0.1) is 11.1 Å². The van der Waals surface area contributed by atoms with Gasteiger partial charge in [0.25, 0.3) is 0 Å². The number of halogens is 3. The van der Waals surface area contributed by atoms with E-state index in [0.29, 0.717) is 0 Å². The van der Waals surface area contributed by atoms with Crippen LogP contribution in [-0.4, -0.2) is 5.97 Å². The minimum absolute atomic E-state index is 0.0180. The molecule has 6 heteroatoms. The van der Waals surface area contributed by atoms with Crippen LogP contribution < -0.4 is 5.73 Å². The molecule has 2 aromatic rings. The van der Waals surface area contributed by atoms with Crippen LogP contribution in [0.25, 0.3) is 0 Å². The average Bonchev–Trinajstić information content (AvgIpc) is 2.44. The molecule has 0 saturated carbocycles. The van der Waals surface area contributed by atoms with E-state index in [1.54, 1.807) is 30.3 Å². The lowest BCUT2D eigenvalue weighted by atomic mass is 10.1. The molecule has 2 rings (SSSR count). The highest BCUT2D eigenvalue weighted by Crippen LogP contribution is 2.31. The fourth-order valence-corrected chi connectivity index (χ4v) is 1.74. The Morgan fingerprint density at radius 3 is 2.38 bits per heavy atom. The monoisotopic (exact) mass is 295 g/mol. The van der Waals surface area contributed by atoms with Gasteiger partial charge in [-0.05, 0) is 23.8 Å². The van der Waals surface area contributed by atoms with Crippen LogP contribution in [-0.2, 0) is 17.5 Å². The summed E-state index contributed by atoms with van der Waals surface area (Å²) in [7, 11) is 0. The number of benzene rings is 2. The molecule has 0 amide bonds. The number of anilines is 1. The summed E-state index contributed by atoms with van der Waals surface area (Å²) in [6.07, 6.45) is -4.57. The van der Waals surface area contributed by atoms with Crippen molar-refractivity contribution in [2.24, 2.45) is 0 Å².